The van der Waals surface area contributed by atoms with E-state index in [0.717, 1.165) is 18.1 Å². The predicted octanol–water partition coefficient (Wildman–Crippen LogP) is 3.05. The van der Waals surface area contributed by atoms with Gasteiger partial charge in [0.1, 0.15) is 18.2 Å². The molecule has 124 valence electrons. The highest BCUT2D eigenvalue weighted by Gasteiger charge is 2.16. The van der Waals surface area contributed by atoms with Crippen molar-refractivity contribution in [3.8, 4) is 5.75 Å². The van der Waals surface area contributed by atoms with E-state index < -0.39 is 15.8 Å². The highest BCUT2D eigenvalue weighted by molar-refractivity contribution is 7.89. The second kappa shape index (κ2) is 7.57. The van der Waals surface area contributed by atoms with Crippen molar-refractivity contribution in [2.45, 2.75) is 25.2 Å². The fraction of sp³-hybridized carbons (Fsp3) is 0.294. The van der Waals surface area contributed by atoms with Crippen molar-refractivity contribution in [2.75, 3.05) is 13.2 Å². The van der Waals surface area contributed by atoms with Crippen molar-refractivity contribution in [1.82, 2.24) is 4.72 Å². The first-order valence-electron chi connectivity index (χ1n) is 7.40. The molecule has 0 aliphatic rings. The van der Waals surface area contributed by atoms with Gasteiger partial charge in [0.25, 0.3) is 0 Å². The van der Waals surface area contributed by atoms with E-state index in [4.69, 9.17) is 4.74 Å². The maximum absolute atomic E-state index is 13.1. The van der Waals surface area contributed by atoms with Crippen LogP contribution in [0.3, 0.4) is 0 Å². The minimum absolute atomic E-state index is 0.0758. The molecule has 2 aromatic rings. The first-order chi connectivity index (χ1) is 10.9. The molecule has 0 aliphatic heterocycles. The van der Waals surface area contributed by atoms with Gasteiger partial charge in [-0.2, -0.15) is 0 Å². The molecule has 2 rings (SSSR count). The lowest BCUT2D eigenvalue weighted by Gasteiger charge is -2.11. The smallest absolute Gasteiger partial charge is 0.240 e. The van der Waals surface area contributed by atoms with Gasteiger partial charge in [-0.3, -0.25) is 0 Å². The SMILES string of the molecule is CCc1cccc(OCCNS(=O)(=O)c2ccc(F)cc2C)c1. The molecular formula is C17H20FNO3S. The van der Waals surface area contributed by atoms with Crippen molar-refractivity contribution in [3.05, 3.63) is 59.4 Å². The lowest BCUT2D eigenvalue weighted by molar-refractivity contribution is 0.322. The summed E-state index contributed by atoms with van der Waals surface area (Å²) < 4.78 is 45.4. The summed E-state index contributed by atoms with van der Waals surface area (Å²) in [5, 5.41) is 0. The Morgan fingerprint density at radius 3 is 2.65 bits per heavy atom. The molecule has 0 saturated carbocycles. The summed E-state index contributed by atoms with van der Waals surface area (Å²) in [4.78, 5) is 0.0758. The Morgan fingerprint density at radius 2 is 1.96 bits per heavy atom. The number of sulfonamides is 1. The summed E-state index contributed by atoms with van der Waals surface area (Å²) in [6, 6.07) is 11.3. The van der Waals surface area contributed by atoms with Crippen LogP contribution in [0.5, 0.6) is 5.75 Å². The first-order valence-corrected chi connectivity index (χ1v) is 8.88. The van der Waals surface area contributed by atoms with Crippen LogP contribution >= 0.6 is 0 Å². The maximum atomic E-state index is 13.1. The third-order valence-corrected chi connectivity index (χ3v) is 5.02. The lowest BCUT2D eigenvalue weighted by atomic mass is 10.2. The number of aryl methyl sites for hydroxylation is 2. The van der Waals surface area contributed by atoms with E-state index >= 15 is 0 Å². The molecule has 1 N–H and O–H groups in total. The van der Waals surface area contributed by atoms with Gasteiger partial charge in [0.2, 0.25) is 10.0 Å². The molecule has 0 heterocycles. The molecule has 0 atom stereocenters. The molecule has 0 unspecified atom stereocenters. The minimum atomic E-state index is -3.67. The molecule has 0 aliphatic carbocycles. The Labute approximate surface area is 136 Å². The first kappa shape index (κ1) is 17.4. The number of halogens is 1. The fourth-order valence-corrected chi connectivity index (χ4v) is 3.43. The molecule has 4 nitrogen and oxygen atoms in total. The van der Waals surface area contributed by atoms with Crippen LogP contribution in [0, 0.1) is 12.7 Å². The van der Waals surface area contributed by atoms with E-state index in [1.807, 2.05) is 24.3 Å². The highest BCUT2D eigenvalue weighted by atomic mass is 32.2. The third kappa shape index (κ3) is 4.77. The Kier molecular flexibility index (Phi) is 5.74. The Bertz CT molecular complexity index is 775. The van der Waals surface area contributed by atoms with Gasteiger partial charge in [0.05, 0.1) is 4.90 Å². The summed E-state index contributed by atoms with van der Waals surface area (Å²) in [5.41, 5.74) is 1.53. The monoisotopic (exact) mass is 337 g/mol. The molecule has 0 bridgehead atoms. The Morgan fingerprint density at radius 1 is 1.17 bits per heavy atom. The zero-order valence-electron chi connectivity index (χ0n) is 13.2. The Balaban J connectivity index is 1.92. The summed E-state index contributed by atoms with van der Waals surface area (Å²) in [7, 11) is -3.67. The van der Waals surface area contributed by atoms with E-state index in [0.29, 0.717) is 11.3 Å². The second-order valence-electron chi connectivity index (χ2n) is 5.16. The Hall–Kier alpha value is -1.92. The van der Waals surface area contributed by atoms with Crippen molar-refractivity contribution in [2.24, 2.45) is 0 Å². The fourth-order valence-electron chi connectivity index (χ4n) is 2.19. The standard InChI is InChI=1S/C17H20FNO3S/c1-3-14-5-4-6-16(12-14)22-10-9-19-23(20,21)17-8-7-15(18)11-13(17)2/h4-8,11-12,19H,3,9-10H2,1-2H3. The van der Waals surface area contributed by atoms with Gasteiger partial charge in [-0.05, 0) is 54.8 Å². The zero-order chi connectivity index (χ0) is 16.9. The molecule has 0 radical (unpaired) electrons. The summed E-state index contributed by atoms with van der Waals surface area (Å²) in [6.45, 7) is 3.96. The summed E-state index contributed by atoms with van der Waals surface area (Å²) >= 11 is 0. The number of nitrogens with one attached hydrogen (secondary N) is 1. The van der Waals surface area contributed by atoms with Gasteiger partial charge in [-0.25, -0.2) is 17.5 Å². The van der Waals surface area contributed by atoms with Gasteiger partial charge < -0.3 is 4.74 Å². The minimum Gasteiger partial charge on any atom is -0.492 e. The van der Waals surface area contributed by atoms with Crippen LogP contribution in [0.2, 0.25) is 0 Å². The average molecular weight is 337 g/mol. The van der Waals surface area contributed by atoms with E-state index in [9.17, 15) is 12.8 Å². The van der Waals surface area contributed by atoms with Gasteiger partial charge in [-0.15, -0.1) is 0 Å². The van der Waals surface area contributed by atoms with Crippen LogP contribution in [0.25, 0.3) is 0 Å². The molecule has 6 heteroatoms. The van der Waals surface area contributed by atoms with Gasteiger partial charge in [0, 0.05) is 6.54 Å². The number of hydrogen-bond acceptors (Lipinski definition) is 3. The van der Waals surface area contributed by atoms with Crippen molar-refractivity contribution in [3.63, 3.8) is 0 Å². The van der Waals surface area contributed by atoms with Crippen molar-refractivity contribution in [1.29, 1.82) is 0 Å². The molecule has 0 aromatic heterocycles. The van der Waals surface area contributed by atoms with E-state index in [1.165, 1.54) is 12.1 Å². The summed E-state index contributed by atoms with van der Waals surface area (Å²) in [6.07, 6.45) is 0.910. The number of ether oxygens (including phenoxy) is 1. The van der Waals surface area contributed by atoms with E-state index in [-0.39, 0.29) is 18.0 Å². The maximum Gasteiger partial charge on any atom is 0.240 e. The molecule has 0 saturated heterocycles. The average Bonchev–Trinajstić information content (AvgIpc) is 2.51. The topological polar surface area (TPSA) is 55.4 Å². The van der Waals surface area contributed by atoms with Crippen LogP contribution < -0.4 is 9.46 Å². The van der Waals surface area contributed by atoms with Crippen LogP contribution in [0.15, 0.2) is 47.4 Å². The van der Waals surface area contributed by atoms with Crippen molar-refractivity contribution >= 4 is 10.0 Å². The lowest BCUT2D eigenvalue weighted by Crippen LogP contribution is -2.28. The van der Waals surface area contributed by atoms with Gasteiger partial charge in [-0.1, -0.05) is 19.1 Å². The zero-order valence-corrected chi connectivity index (χ0v) is 14.0. The van der Waals surface area contributed by atoms with Crippen LogP contribution in [0.1, 0.15) is 18.1 Å². The van der Waals surface area contributed by atoms with E-state index in [2.05, 4.69) is 11.6 Å². The number of rotatable bonds is 7. The van der Waals surface area contributed by atoms with Crippen molar-refractivity contribution < 1.29 is 17.5 Å². The number of hydrogen-bond donors (Lipinski definition) is 1. The number of benzene rings is 2. The van der Waals surface area contributed by atoms with Crippen LogP contribution in [0.4, 0.5) is 4.39 Å². The quantitative estimate of drug-likeness (QED) is 0.790. The largest absolute Gasteiger partial charge is 0.492 e. The highest BCUT2D eigenvalue weighted by Crippen LogP contribution is 2.16. The third-order valence-electron chi connectivity index (χ3n) is 3.40. The molecule has 2 aromatic carbocycles. The van der Waals surface area contributed by atoms with Crippen LogP contribution in [-0.4, -0.2) is 21.6 Å². The molecule has 0 spiro atoms. The van der Waals surface area contributed by atoms with E-state index in [1.54, 1.807) is 6.92 Å². The second-order valence-corrected chi connectivity index (χ2v) is 6.89. The predicted molar refractivity (Wildman–Crippen MR) is 87.6 cm³/mol. The normalized spacial score (nSPS) is 11.4. The molecule has 23 heavy (non-hydrogen) atoms. The molecular weight excluding hydrogens is 317 g/mol. The molecule has 0 amide bonds. The van der Waals surface area contributed by atoms with Crippen LogP contribution in [-0.2, 0) is 16.4 Å². The van der Waals surface area contributed by atoms with Gasteiger partial charge in [0.15, 0.2) is 0 Å². The summed E-state index contributed by atoms with van der Waals surface area (Å²) in [5.74, 6) is 0.252. The molecule has 0 fully saturated rings. The van der Waals surface area contributed by atoms with Gasteiger partial charge >= 0.3 is 0 Å².